The van der Waals surface area contributed by atoms with Crippen LogP contribution in [0.25, 0.3) is 10.2 Å². The van der Waals surface area contributed by atoms with Crippen LogP contribution in [-0.2, 0) is 13.5 Å². The van der Waals surface area contributed by atoms with Gasteiger partial charge in [0.05, 0.1) is 16.3 Å². The van der Waals surface area contributed by atoms with Crippen LogP contribution in [0.5, 0.6) is 5.75 Å². The predicted octanol–water partition coefficient (Wildman–Crippen LogP) is 4.33. The van der Waals surface area contributed by atoms with Crippen molar-refractivity contribution in [3.05, 3.63) is 58.4 Å². The molecule has 0 fully saturated rings. The number of carbonyl (C=O) groups is 1. The maximum atomic E-state index is 12.5. The van der Waals surface area contributed by atoms with E-state index >= 15 is 0 Å². The molecule has 3 rings (SSSR count). The van der Waals surface area contributed by atoms with E-state index in [1.807, 2.05) is 25.5 Å². The van der Waals surface area contributed by atoms with Gasteiger partial charge >= 0.3 is 0 Å². The molecule has 3 aromatic rings. The highest BCUT2D eigenvalue weighted by Crippen LogP contribution is 2.19. The normalized spacial score (nSPS) is 12.1. The Morgan fingerprint density at radius 1 is 1.20 bits per heavy atom. The summed E-state index contributed by atoms with van der Waals surface area (Å²) in [6.07, 6.45) is 1.10. The van der Waals surface area contributed by atoms with Gasteiger partial charge < -0.3 is 9.30 Å². The van der Waals surface area contributed by atoms with Crippen LogP contribution >= 0.6 is 11.3 Å². The van der Waals surface area contributed by atoms with Gasteiger partial charge in [0.25, 0.3) is 5.91 Å². The van der Waals surface area contributed by atoms with Crippen molar-refractivity contribution in [2.45, 2.75) is 33.3 Å². The number of hydrogen-bond acceptors (Lipinski definition) is 3. The standard InChI is InChI=1S/C20H22N2O2S/c1-5-14-6-11-17-18(12-14)25-20(22(17)4)21-19(23)15-7-9-16(10-8-15)24-13(2)3/h6-13H,5H2,1-4H3. The first-order valence-corrected chi connectivity index (χ1v) is 9.24. The summed E-state index contributed by atoms with van der Waals surface area (Å²) in [5.74, 6) is 0.514. The second-order valence-electron chi connectivity index (χ2n) is 6.21. The van der Waals surface area contributed by atoms with Gasteiger partial charge in [-0.15, -0.1) is 0 Å². The molecule has 0 N–H and O–H groups in total. The zero-order valence-corrected chi connectivity index (χ0v) is 15.8. The molecular formula is C20H22N2O2S. The third-order valence-corrected chi connectivity index (χ3v) is 5.05. The molecule has 4 nitrogen and oxygen atoms in total. The van der Waals surface area contributed by atoms with Gasteiger partial charge in [0.2, 0.25) is 0 Å². The Kier molecular flexibility index (Phi) is 5.04. The number of rotatable bonds is 4. The van der Waals surface area contributed by atoms with Crippen LogP contribution < -0.4 is 9.54 Å². The minimum absolute atomic E-state index is 0.108. The zero-order valence-electron chi connectivity index (χ0n) is 14.9. The van der Waals surface area contributed by atoms with E-state index in [9.17, 15) is 4.79 Å². The Hall–Kier alpha value is -2.40. The van der Waals surface area contributed by atoms with E-state index in [0.29, 0.717) is 10.4 Å². The second kappa shape index (κ2) is 7.23. The number of aryl methyl sites for hydroxylation is 2. The molecule has 25 heavy (non-hydrogen) atoms. The molecule has 0 bridgehead atoms. The van der Waals surface area contributed by atoms with Crippen LogP contribution in [0.2, 0.25) is 0 Å². The first-order valence-electron chi connectivity index (χ1n) is 8.42. The van der Waals surface area contributed by atoms with Gasteiger partial charge in [0.15, 0.2) is 4.80 Å². The number of hydrogen-bond donors (Lipinski definition) is 0. The monoisotopic (exact) mass is 354 g/mol. The van der Waals surface area contributed by atoms with E-state index in [4.69, 9.17) is 4.74 Å². The highest BCUT2D eigenvalue weighted by atomic mass is 32.1. The molecule has 1 amide bonds. The summed E-state index contributed by atoms with van der Waals surface area (Å²) in [6, 6.07) is 13.5. The minimum Gasteiger partial charge on any atom is -0.491 e. The van der Waals surface area contributed by atoms with Gasteiger partial charge in [-0.25, -0.2) is 0 Å². The fourth-order valence-corrected chi connectivity index (χ4v) is 3.69. The number of thiazole rings is 1. The quantitative estimate of drug-likeness (QED) is 0.700. The molecule has 0 aliphatic rings. The lowest BCUT2D eigenvalue weighted by Gasteiger charge is -2.09. The number of nitrogens with zero attached hydrogens (tertiary/aromatic N) is 2. The van der Waals surface area contributed by atoms with Crippen LogP contribution in [0.15, 0.2) is 47.5 Å². The van der Waals surface area contributed by atoms with Gasteiger partial charge in [-0.1, -0.05) is 24.3 Å². The average Bonchev–Trinajstić information content (AvgIpc) is 2.90. The number of carbonyl (C=O) groups excluding carboxylic acids is 1. The number of ether oxygens (including phenoxy) is 1. The maximum Gasteiger partial charge on any atom is 0.279 e. The lowest BCUT2D eigenvalue weighted by Crippen LogP contribution is -2.13. The molecular weight excluding hydrogens is 332 g/mol. The highest BCUT2D eigenvalue weighted by molar-refractivity contribution is 7.16. The smallest absolute Gasteiger partial charge is 0.279 e. The van der Waals surface area contributed by atoms with E-state index < -0.39 is 0 Å². The van der Waals surface area contributed by atoms with Gasteiger partial charge in [-0.2, -0.15) is 4.99 Å². The third kappa shape index (κ3) is 3.82. The Labute approximate surface area is 151 Å². The van der Waals surface area contributed by atoms with Crippen LogP contribution in [-0.4, -0.2) is 16.6 Å². The molecule has 0 aliphatic heterocycles. The van der Waals surface area contributed by atoms with Crippen LogP contribution in [0.3, 0.4) is 0 Å². The molecule has 1 heterocycles. The Morgan fingerprint density at radius 3 is 2.56 bits per heavy atom. The summed E-state index contributed by atoms with van der Waals surface area (Å²) in [5, 5.41) is 0. The third-order valence-electron chi connectivity index (χ3n) is 3.95. The van der Waals surface area contributed by atoms with E-state index in [1.54, 1.807) is 24.3 Å². The van der Waals surface area contributed by atoms with Crippen molar-refractivity contribution < 1.29 is 9.53 Å². The van der Waals surface area contributed by atoms with Gasteiger partial charge in [0.1, 0.15) is 5.75 Å². The van der Waals surface area contributed by atoms with E-state index in [-0.39, 0.29) is 12.0 Å². The largest absolute Gasteiger partial charge is 0.491 e. The van der Waals surface area contributed by atoms with Crippen LogP contribution in [0.4, 0.5) is 0 Å². The summed E-state index contributed by atoms with van der Waals surface area (Å²) >= 11 is 1.54. The summed E-state index contributed by atoms with van der Waals surface area (Å²) < 4.78 is 8.72. The molecule has 0 radical (unpaired) electrons. The minimum atomic E-state index is -0.242. The van der Waals surface area contributed by atoms with E-state index in [1.165, 1.54) is 16.9 Å². The molecule has 0 atom stereocenters. The van der Waals surface area contributed by atoms with Crippen molar-refractivity contribution in [1.82, 2.24) is 4.57 Å². The van der Waals surface area contributed by atoms with Gasteiger partial charge in [0, 0.05) is 12.6 Å². The molecule has 2 aromatic carbocycles. The molecule has 0 saturated carbocycles. The van der Waals surface area contributed by atoms with Crippen LogP contribution in [0, 0.1) is 0 Å². The van der Waals surface area contributed by atoms with Crippen molar-refractivity contribution >= 4 is 27.5 Å². The van der Waals surface area contributed by atoms with Crippen LogP contribution in [0.1, 0.15) is 36.7 Å². The summed E-state index contributed by atoms with van der Waals surface area (Å²) in [7, 11) is 1.94. The fraction of sp³-hybridized carbons (Fsp3) is 0.300. The first kappa shape index (κ1) is 17.4. The molecule has 0 spiro atoms. The maximum absolute atomic E-state index is 12.5. The summed E-state index contributed by atoms with van der Waals surface area (Å²) in [6.45, 7) is 6.08. The topological polar surface area (TPSA) is 43.6 Å². The number of aromatic nitrogens is 1. The Morgan fingerprint density at radius 2 is 1.92 bits per heavy atom. The predicted molar refractivity (Wildman–Crippen MR) is 102 cm³/mol. The molecule has 0 aliphatic carbocycles. The second-order valence-corrected chi connectivity index (χ2v) is 7.22. The Balaban J connectivity index is 1.93. The molecule has 0 saturated heterocycles. The SMILES string of the molecule is CCc1ccc2c(c1)sc(=NC(=O)c1ccc(OC(C)C)cc1)n2C. The number of amides is 1. The lowest BCUT2D eigenvalue weighted by atomic mass is 10.2. The number of benzene rings is 2. The van der Waals surface area contributed by atoms with Crippen molar-refractivity contribution in [3.8, 4) is 5.75 Å². The highest BCUT2D eigenvalue weighted by Gasteiger charge is 2.08. The molecule has 0 unspecified atom stereocenters. The zero-order chi connectivity index (χ0) is 18.0. The van der Waals surface area contributed by atoms with Crippen molar-refractivity contribution in [3.63, 3.8) is 0 Å². The molecule has 5 heteroatoms. The Bertz CT molecular complexity index is 966. The number of fused-ring (bicyclic) bond motifs is 1. The van der Waals surface area contributed by atoms with Crippen molar-refractivity contribution in [2.24, 2.45) is 12.0 Å². The van der Waals surface area contributed by atoms with Crippen molar-refractivity contribution in [1.29, 1.82) is 0 Å². The van der Waals surface area contributed by atoms with E-state index in [2.05, 4.69) is 30.1 Å². The van der Waals surface area contributed by atoms with Gasteiger partial charge in [-0.3, -0.25) is 4.79 Å². The first-order chi connectivity index (χ1) is 12.0. The fourth-order valence-electron chi connectivity index (χ4n) is 2.60. The summed E-state index contributed by atoms with van der Waals surface area (Å²) in [4.78, 5) is 17.5. The lowest BCUT2D eigenvalue weighted by molar-refractivity contribution is 0.0998. The average molecular weight is 354 g/mol. The van der Waals surface area contributed by atoms with Gasteiger partial charge in [-0.05, 0) is 62.2 Å². The summed E-state index contributed by atoms with van der Waals surface area (Å²) in [5.41, 5.74) is 2.94. The van der Waals surface area contributed by atoms with Crippen molar-refractivity contribution in [2.75, 3.05) is 0 Å². The molecule has 1 aromatic heterocycles. The molecule has 130 valence electrons. The van der Waals surface area contributed by atoms with E-state index in [0.717, 1.165) is 22.4 Å².